The van der Waals surface area contributed by atoms with Crippen LogP contribution in [0.4, 0.5) is 10.1 Å². The molecule has 0 unspecified atom stereocenters. The summed E-state index contributed by atoms with van der Waals surface area (Å²) in [5.41, 5.74) is 1.08. The van der Waals surface area contributed by atoms with Gasteiger partial charge in [0.25, 0.3) is 5.91 Å². The summed E-state index contributed by atoms with van der Waals surface area (Å²) < 4.78 is 15.5. The maximum Gasteiger partial charge on any atom is 0.271 e. The third-order valence-corrected chi connectivity index (χ3v) is 3.56. The largest absolute Gasteiger partial charge is 0.321 e. The highest BCUT2D eigenvalue weighted by Gasteiger charge is 2.22. The minimum Gasteiger partial charge on any atom is -0.321 e. The molecule has 7 heteroatoms. The first-order valence-electron chi connectivity index (χ1n) is 7.13. The average molecular weight is 314 g/mol. The van der Waals surface area contributed by atoms with E-state index in [9.17, 15) is 14.0 Å². The molecule has 0 fully saturated rings. The van der Waals surface area contributed by atoms with Crippen LogP contribution in [0.5, 0.6) is 0 Å². The minimum atomic E-state index is -0.394. The van der Waals surface area contributed by atoms with E-state index in [2.05, 4.69) is 10.4 Å². The number of rotatable bonds is 3. The van der Waals surface area contributed by atoms with Gasteiger partial charge in [0.2, 0.25) is 5.91 Å². The molecule has 0 aliphatic carbocycles. The zero-order valence-electron chi connectivity index (χ0n) is 12.5. The summed E-state index contributed by atoms with van der Waals surface area (Å²) in [7, 11) is 1.51. The molecule has 0 spiro atoms. The van der Waals surface area contributed by atoms with Crippen LogP contribution in [0.15, 0.2) is 47.8 Å². The fourth-order valence-corrected chi connectivity index (χ4v) is 2.32. The van der Waals surface area contributed by atoms with Crippen LogP contribution in [0.1, 0.15) is 12.8 Å². The van der Waals surface area contributed by atoms with Crippen LogP contribution in [0, 0.1) is 5.82 Å². The van der Waals surface area contributed by atoms with E-state index >= 15 is 0 Å². The molecule has 6 nitrogen and oxygen atoms in total. The monoisotopic (exact) mass is 314 g/mol. The van der Waals surface area contributed by atoms with Gasteiger partial charge in [-0.05, 0) is 30.3 Å². The van der Waals surface area contributed by atoms with Crippen LogP contribution in [0.3, 0.4) is 0 Å². The van der Waals surface area contributed by atoms with E-state index in [1.165, 1.54) is 19.2 Å². The highest BCUT2D eigenvalue weighted by Crippen LogP contribution is 2.19. The number of carbonyl (C=O) groups excluding carboxylic acids is 2. The summed E-state index contributed by atoms with van der Waals surface area (Å²) >= 11 is 0. The van der Waals surface area contributed by atoms with E-state index in [0.29, 0.717) is 17.8 Å². The number of nitrogens with zero attached hydrogens (tertiary/aromatic N) is 3. The Morgan fingerprint density at radius 1 is 1.26 bits per heavy atom. The summed E-state index contributed by atoms with van der Waals surface area (Å²) in [4.78, 5) is 23.6. The number of carbonyl (C=O) groups is 2. The molecule has 0 saturated heterocycles. The van der Waals surface area contributed by atoms with Gasteiger partial charge >= 0.3 is 0 Å². The Kier molecular flexibility index (Phi) is 3.92. The molecular formula is C16H15FN4O2. The molecule has 0 atom stereocenters. The molecule has 1 aromatic heterocycles. The summed E-state index contributed by atoms with van der Waals surface area (Å²) in [6, 6.07) is 7.90. The van der Waals surface area contributed by atoms with Gasteiger partial charge in [0, 0.05) is 38.0 Å². The third-order valence-electron chi connectivity index (χ3n) is 3.56. The number of anilines is 1. The second-order valence-corrected chi connectivity index (χ2v) is 5.17. The van der Waals surface area contributed by atoms with Crippen molar-refractivity contribution in [1.82, 2.24) is 9.58 Å². The predicted molar refractivity (Wildman–Crippen MR) is 83.8 cm³/mol. The first-order valence-corrected chi connectivity index (χ1v) is 7.13. The van der Waals surface area contributed by atoms with Crippen molar-refractivity contribution in [3.05, 3.63) is 48.5 Å². The topological polar surface area (TPSA) is 66.7 Å². The Labute approximate surface area is 132 Å². The summed E-state index contributed by atoms with van der Waals surface area (Å²) in [5.74, 6) is -0.910. The smallest absolute Gasteiger partial charge is 0.271 e. The average Bonchev–Trinajstić information content (AvgIpc) is 3.06. The quantitative estimate of drug-likeness (QED) is 0.943. The molecule has 23 heavy (non-hydrogen) atoms. The van der Waals surface area contributed by atoms with Crippen molar-refractivity contribution in [3.8, 4) is 5.69 Å². The van der Waals surface area contributed by atoms with Crippen LogP contribution in [-0.4, -0.2) is 34.1 Å². The number of nitrogens with one attached hydrogen (secondary N) is 1. The number of halogens is 1. The molecule has 0 radical (unpaired) electrons. The SMILES string of the molecule is CN1N=C(C(=O)Nc2ccc(F)c(-n3cccc3)c2)CCC1=O. The molecule has 3 rings (SSSR count). The molecule has 1 aliphatic rings. The van der Waals surface area contributed by atoms with Crippen molar-refractivity contribution < 1.29 is 14.0 Å². The number of hydrogen-bond donors (Lipinski definition) is 1. The van der Waals surface area contributed by atoms with E-state index < -0.39 is 5.91 Å². The lowest BCUT2D eigenvalue weighted by Crippen LogP contribution is -2.34. The van der Waals surface area contributed by atoms with E-state index in [4.69, 9.17) is 0 Å². The minimum absolute atomic E-state index is 0.127. The van der Waals surface area contributed by atoms with Crippen LogP contribution in [0.2, 0.25) is 0 Å². The Hall–Kier alpha value is -2.96. The predicted octanol–water partition coefficient (Wildman–Crippen LogP) is 2.16. The Balaban J connectivity index is 1.81. The molecule has 1 aromatic carbocycles. The van der Waals surface area contributed by atoms with Crippen LogP contribution in [0.25, 0.3) is 5.69 Å². The maximum absolute atomic E-state index is 13.9. The van der Waals surface area contributed by atoms with Crippen molar-refractivity contribution in [1.29, 1.82) is 0 Å². The number of hydrogen-bond acceptors (Lipinski definition) is 3. The zero-order chi connectivity index (χ0) is 16.4. The third kappa shape index (κ3) is 3.13. The molecule has 0 bridgehead atoms. The molecule has 118 valence electrons. The van der Waals surface area contributed by atoms with E-state index in [0.717, 1.165) is 5.01 Å². The molecule has 2 heterocycles. The first kappa shape index (κ1) is 15.0. The molecule has 0 saturated carbocycles. The summed E-state index contributed by atoms with van der Waals surface area (Å²) in [6.45, 7) is 0. The van der Waals surface area contributed by atoms with Crippen molar-refractivity contribution in [3.63, 3.8) is 0 Å². The van der Waals surface area contributed by atoms with E-state index in [1.807, 2.05) is 0 Å². The molecular weight excluding hydrogens is 299 g/mol. The molecule has 2 amide bonds. The number of aromatic nitrogens is 1. The van der Waals surface area contributed by atoms with Crippen LogP contribution >= 0.6 is 0 Å². The second-order valence-electron chi connectivity index (χ2n) is 5.17. The van der Waals surface area contributed by atoms with Gasteiger partial charge in [-0.15, -0.1) is 0 Å². The lowest BCUT2D eigenvalue weighted by atomic mass is 10.1. The summed E-state index contributed by atoms with van der Waals surface area (Å²) in [6.07, 6.45) is 3.98. The Bertz CT molecular complexity index is 783. The van der Waals surface area contributed by atoms with Crippen molar-refractivity contribution in [2.45, 2.75) is 12.8 Å². The van der Waals surface area contributed by atoms with Crippen LogP contribution < -0.4 is 5.32 Å². The normalized spacial score (nSPS) is 14.6. The standard InChI is InChI=1S/C16H15FN4O2/c1-20-15(22)7-6-13(19-20)16(23)18-11-4-5-12(17)14(10-11)21-8-2-3-9-21/h2-5,8-10H,6-7H2,1H3,(H,18,23). The Morgan fingerprint density at radius 3 is 2.70 bits per heavy atom. The van der Waals surface area contributed by atoms with Crippen molar-refractivity contribution >= 4 is 23.2 Å². The molecule has 2 aromatic rings. The van der Waals surface area contributed by atoms with E-state index in [-0.39, 0.29) is 23.9 Å². The molecule has 1 aliphatic heterocycles. The fourth-order valence-electron chi connectivity index (χ4n) is 2.32. The maximum atomic E-state index is 13.9. The lowest BCUT2D eigenvalue weighted by Gasteiger charge is -2.19. The lowest BCUT2D eigenvalue weighted by molar-refractivity contribution is -0.130. The van der Waals surface area contributed by atoms with Gasteiger partial charge < -0.3 is 9.88 Å². The number of benzene rings is 1. The van der Waals surface area contributed by atoms with E-state index in [1.54, 1.807) is 35.2 Å². The number of hydrazone groups is 1. The number of amides is 2. The van der Waals surface area contributed by atoms with Gasteiger partial charge in [-0.1, -0.05) is 0 Å². The zero-order valence-corrected chi connectivity index (χ0v) is 12.5. The highest BCUT2D eigenvalue weighted by atomic mass is 19.1. The van der Waals surface area contributed by atoms with Crippen molar-refractivity contribution in [2.75, 3.05) is 12.4 Å². The first-order chi connectivity index (χ1) is 11.0. The van der Waals surface area contributed by atoms with Gasteiger partial charge in [-0.2, -0.15) is 5.10 Å². The van der Waals surface area contributed by atoms with Gasteiger partial charge in [0.1, 0.15) is 11.5 Å². The fraction of sp³-hybridized carbons (Fsp3) is 0.188. The van der Waals surface area contributed by atoms with Crippen molar-refractivity contribution in [2.24, 2.45) is 5.10 Å². The van der Waals surface area contributed by atoms with Gasteiger partial charge in [-0.3, -0.25) is 9.59 Å². The highest BCUT2D eigenvalue weighted by molar-refractivity contribution is 6.43. The van der Waals surface area contributed by atoms with Gasteiger partial charge in [0.05, 0.1) is 5.69 Å². The van der Waals surface area contributed by atoms with Gasteiger partial charge in [0.15, 0.2) is 0 Å². The van der Waals surface area contributed by atoms with Gasteiger partial charge in [-0.25, -0.2) is 9.40 Å². The van der Waals surface area contributed by atoms with Crippen LogP contribution in [-0.2, 0) is 9.59 Å². The second kappa shape index (κ2) is 6.04. The summed E-state index contributed by atoms with van der Waals surface area (Å²) in [5, 5.41) is 7.81. The molecule has 1 N–H and O–H groups in total. The Morgan fingerprint density at radius 2 is 2.00 bits per heavy atom.